The summed E-state index contributed by atoms with van der Waals surface area (Å²) in [5.41, 5.74) is 1.79. The number of thioether (sulfide) groups is 1. The molecule has 1 amide bonds. The smallest absolute Gasteiger partial charge is 0.243 e. The first kappa shape index (κ1) is 23.4. The van der Waals surface area contributed by atoms with Gasteiger partial charge in [-0.2, -0.15) is 4.31 Å². The Hall–Kier alpha value is -2.23. The van der Waals surface area contributed by atoms with Gasteiger partial charge in [-0.05, 0) is 49.2 Å². The van der Waals surface area contributed by atoms with Gasteiger partial charge >= 0.3 is 0 Å². The van der Waals surface area contributed by atoms with Gasteiger partial charge in [0, 0.05) is 35.8 Å². The summed E-state index contributed by atoms with van der Waals surface area (Å²) in [6.45, 7) is 6.19. The maximum atomic E-state index is 14.2. The highest BCUT2D eigenvalue weighted by Gasteiger charge is 2.28. The number of halogens is 1. The number of ketones is 1. The monoisotopic (exact) mass is 464 g/mol. The van der Waals surface area contributed by atoms with Gasteiger partial charge in [-0.1, -0.05) is 19.9 Å². The van der Waals surface area contributed by atoms with Crippen LogP contribution in [0.5, 0.6) is 0 Å². The predicted molar refractivity (Wildman–Crippen MR) is 120 cm³/mol. The lowest BCUT2D eigenvalue weighted by Gasteiger charge is -2.20. The molecule has 0 N–H and O–H groups in total. The van der Waals surface area contributed by atoms with Gasteiger partial charge in [0.1, 0.15) is 5.82 Å². The number of hydrogen-bond acceptors (Lipinski definition) is 5. The van der Waals surface area contributed by atoms with E-state index in [1.165, 1.54) is 29.4 Å². The number of anilines is 1. The van der Waals surface area contributed by atoms with Gasteiger partial charge in [0.15, 0.2) is 5.78 Å². The van der Waals surface area contributed by atoms with Gasteiger partial charge in [-0.15, -0.1) is 11.8 Å². The average Bonchev–Trinajstić information content (AvgIpc) is 3.16. The molecule has 0 saturated carbocycles. The Morgan fingerprint density at radius 3 is 2.45 bits per heavy atom. The number of fused-ring (bicyclic) bond motifs is 1. The van der Waals surface area contributed by atoms with Crippen LogP contribution in [0.3, 0.4) is 0 Å². The summed E-state index contributed by atoms with van der Waals surface area (Å²) in [7, 11) is -3.56. The summed E-state index contributed by atoms with van der Waals surface area (Å²) < 4.78 is 41.1. The van der Waals surface area contributed by atoms with Crippen molar-refractivity contribution < 1.29 is 22.4 Å². The summed E-state index contributed by atoms with van der Waals surface area (Å²) in [4.78, 5) is 26.2. The zero-order chi connectivity index (χ0) is 22.8. The highest BCUT2D eigenvalue weighted by molar-refractivity contribution is 8.00. The molecule has 0 atom stereocenters. The largest absolute Gasteiger partial charge is 0.311 e. The number of carbonyl (C=O) groups excluding carboxylic acids is 2. The van der Waals surface area contributed by atoms with E-state index in [9.17, 15) is 22.4 Å². The van der Waals surface area contributed by atoms with E-state index in [4.69, 9.17) is 0 Å². The number of nitrogens with zero attached hydrogens (tertiary/aromatic N) is 2. The molecule has 0 aromatic heterocycles. The van der Waals surface area contributed by atoms with Crippen molar-refractivity contribution in [3.05, 3.63) is 53.3 Å². The van der Waals surface area contributed by atoms with E-state index < -0.39 is 15.8 Å². The van der Waals surface area contributed by atoms with Gasteiger partial charge in [0.2, 0.25) is 15.9 Å². The van der Waals surface area contributed by atoms with Crippen LogP contribution in [-0.4, -0.2) is 49.8 Å². The maximum Gasteiger partial charge on any atom is 0.243 e. The van der Waals surface area contributed by atoms with Crippen LogP contribution in [0.4, 0.5) is 10.1 Å². The second-order valence-corrected chi connectivity index (χ2v) is 10.1. The average molecular weight is 465 g/mol. The molecule has 166 valence electrons. The van der Waals surface area contributed by atoms with Crippen molar-refractivity contribution in [1.82, 2.24) is 4.31 Å². The van der Waals surface area contributed by atoms with Crippen LogP contribution in [0.1, 0.15) is 36.7 Å². The Morgan fingerprint density at radius 2 is 1.84 bits per heavy atom. The second kappa shape index (κ2) is 9.50. The minimum atomic E-state index is -3.56. The quantitative estimate of drug-likeness (QED) is 0.440. The molecule has 0 unspecified atom stereocenters. The highest BCUT2D eigenvalue weighted by Crippen LogP contribution is 2.32. The standard InChI is InChI=1S/C22H25FN2O4S2/c1-4-24(5-2)31(28,29)18-7-8-20-17(12-18)10-11-25(20)22(27)14-30-21-9-6-16(15(3)26)13-19(21)23/h6-9,12-13H,4-5,10-11,14H2,1-3H3. The lowest BCUT2D eigenvalue weighted by atomic mass is 10.1. The first-order chi connectivity index (χ1) is 14.7. The van der Waals surface area contributed by atoms with E-state index in [2.05, 4.69) is 0 Å². The fraction of sp³-hybridized carbons (Fsp3) is 0.364. The number of hydrogen-bond donors (Lipinski definition) is 0. The Bertz CT molecular complexity index is 1110. The Morgan fingerprint density at radius 1 is 1.13 bits per heavy atom. The van der Waals surface area contributed by atoms with Crippen LogP contribution in [-0.2, 0) is 21.2 Å². The molecule has 1 aliphatic heterocycles. The summed E-state index contributed by atoms with van der Waals surface area (Å²) >= 11 is 1.07. The molecule has 2 aromatic carbocycles. The molecule has 0 aliphatic carbocycles. The number of rotatable bonds is 8. The zero-order valence-corrected chi connectivity index (χ0v) is 19.4. The lowest BCUT2D eigenvalue weighted by Crippen LogP contribution is -2.31. The van der Waals surface area contributed by atoms with Crippen LogP contribution < -0.4 is 4.90 Å². The number of sulfonamides is 1. The SMILES string of the molecule is CCN(CC)S(=O)(=O)c1ccc2c(c1)CCN2C(=O)CSc1ccc(C(C)=O)cc1F. The van der Waals surface area contributed by atoms with Gasteiger partial charge in [0.05, 0.1) is 10.6 Å². The van der Waals surface area contributed by atoms with E-state index in [0.29, 0.717) is 36.6 Å². The number of benzene rings is 2. The fourth-order valence-corrected chi connectivity index (χ4v) is 5.87. The van der Waals surface area contributed by atoms with Gasteiger partial charge in [0.25, 0.3) is 0 Å². The summed E-state index contributed by atoms with van der Waals surface area (Å²) in [6, 6.07) is 9.07. The van der Waals surface area contributed by atoms with Crippen molar-refractivity contribution in [1.29, 1.82) is 0 Å². The minimum Gasteiger partial charge on any atom is -0.311 e. The van der Waals surface area contributed by atoms with Crippen molar-refractivity contribution in [3.63, 3.8) is 0 Å². The molecule has 31 heavy (non-hydrogen) atoms. The molecule has 0 saturated heterocycles. The van der Waals surface area contributed by atoms with E-state index in [1.54, 1.807) is 36.9 Å². The Kier molecular flexibility index (Phi) is 7.18. The van der Waals surface area contributed by atoms with Gasteiger partial charge in [-0.25, -0.2) is 12.8 Å². The van der Waals surface area contributed by atoms with E-state index in [0.717, 1.165) is 17.3 Å². The van der Waals surface area contributed by atoms with Gasteiger partial charge in [-0.3, -0.25) is 9.59 Å². The molecule has 1 heterocycles. The molecule has 0 radical (unpaired) electrons. The third-order valence-corrected chi connectivity index (χ3v) is 8.36. The summed E-state index contributed by atoms with van der Waals surface area (Å²) in [5.74, 6) is -0.894. The Labute approximate surface area is 186 Å². The molecule has 0 fully saturated rings. The van der Waals surface area contributed by atoms with Crippen LogP contribution in [0.2, 0.25) is 0 Å². The normalized spacial score (nSPS) is 13.5. The van der Waals surface area contributed by atoms with Crippen molar-refractivity contribution in [2.24, 2.45) is 0 Å². The van der Waals surface area contributed by atoms with Crippen molar-refractivity contribution in [2.45, 2.75) is 37.0 Å². The first-order valence-electron chi connectivity index (χ1n) is 10.1. The van der Waals surface area contributed by atoms with E-state index >= 15 is 0 Å². The summed E-state index contributed by atoms with van der Waals surface area (Å²) in [5, 5.41) is 0. The first-order valence-corrected chi connectivity index (χ1v) is 12.5. The minimum absolute atomic E-state index is 0.0370. The second-order valence-electron chi connectivity index (χ2n) is 7.17. The lowest BCUT2D eigenvalue weighted by molar-refractivity contribution is -0.116. The van der Waals surface area contributed by atoms with E-state index in [1.807, 2.05) is 0 Å². The Balaban J connectivity index is 1.73. The molecule has 3 rings (SSSR count). The molecular formula is C22H25FN2O4S2. The van der Waals surface area contributed by atoms with Crippen LogP contribution in [0.25, 0.3) is 0 Å². The van der Waals surface area contributed by atoms with Crippen LogP contribution >= 0.6 is 11.8 Å². The molecule has 6 nitrogen and oxygen atoms in total. The molecule has 9 heteroatoms. The molecule has 2 aromatic rings. The predicted octanol–water partition coefficient (Wildman–Crippen LogP) is 3.74. The fourth-order valence-electron chi connectivity index (χ4n) is 3.56. The molecule has 0 spiro atoms. The molecular weight excluding hydrogens is 439 g/mol. The highest BCUT2D eigenvalue weighted by atomic mass is 32.2. The van der Waals surface area contributed by atoms with E-state index in [-0.39, 0.29) is 27.9 Å². The number of carbonyl (C=O) groups is 2. The van der Waals surface area contributed by atoms with Crippen molar-refractivity contribution in [3.8, 4) is 0 Å². The summed E-state index contributed by atoms with van der Waals surface area (Å²) in [6.07, 6.45) is 0.565. The zero-order valence-electron chi connectivity index (χ0n) is 17.7. The van der Waals surface area contributed by atoms with Crippen LogP contribution in [0.15, 0.2) is 46.2 Å². The maximum absolute atomic E-state index is 14.2. The van der Waals surface area contributed by atoms with Crippen LogP contribution in [0, 0.1) is 5.82 Å². The molecule has 1 aliphatic rings. The number of Topliss-reactive ketones (excluding diaryl/α,β-unsaturated/α-hetero) is 1. The topological polar surface area (TPSA) is 74.8 Å². The van der Waals surface area contributed by atoms with Crippen molar-refractivity contribution in [2.75, 3.05) is 30.3 Å². The third-order valence-electron chi connectivity index (χ3n) is 5.28. The molecule has 0 bridgehead atoms. The number of amides is 1. The van der Waals surface area contributed by atoms with Gasteiger partial charge < -0.3 is 4.90 Å². The third kappa shape index (κ3) is 4.83. The van der Waals surface area contributed by atoms with Crippen molar-refractivity contribution >= 4 is 39.2 Å².